The van der Waals surface area contributed by atoms with Crippen LogP contribution in [0.2, 0.25) is 0 Å². The lowest BCUT2D eigenvalue weighted by atomic mass is 10.0. The molecule has 0 spiro atoms. The molecule has 2 heteroatoms. The summed E-state index contributed by atoms with van der Waals surface area (Å²) < 4.78 is 18.0. The fraction of sp³-hybridized carbons (Fsp3) is 0.455. The van der Waals surface area contributed by atoms with E-state index in [0.29, 0.717) is 5.92 Å². The van der Waals surface area contributed by atoms with Crippen molar-refractivity contribution in [1.82, 2.24) is 0 Å². The highest BCUT2D eigenvalue weighted by Gasteiger charge is 2.06. The summed E-state index contributed by atoms with van der Waals surface area (Å²) in [4.78, 5) is 0. The Balaban J connectivity index is 2.94. The Hall–Kier alpha value is -1.05. The first-order valence-electron chi connectivity index (χ1n) is 4.46. The van der Waals surface area contributed by atoms with E-state index in [1.165, 1.54) is 6.07 Å². The van der Waals surface area contributed by atoms with Crippen LogP contribution in [0.1, 0.15) is 19.4 Å². The predicted molar refractivity (Wildman–Crippen MR) is 51.5 cm³/mol. The lowest BCUT2D eigenvalue weighted by molar-refractivity contribution is 0.405. The number of halogens is 1. The van der Waals surface area contributed by atoms with E-state index in [2.05, 4.69) is 13.8 Å². The summed E-state index contributed by atoms with van der Waals surface area (Å²) in [6, 6.07) is 4.63. The van der Waals surface area contributed by atoms with Crippen molar-refractivity contribution in [2.45, 2.75) is 20.3 Å². The van der Waals surface area contributed by atoms with Crippen molar-refractivity contribution in [3.8, 4) is 5.75 Å². The number of hydrogen-bond donors (Lipinski definition) is 0. The highest BCUT2D eigenvalue weighted by molar-refractivity contribution is 5.34. The Labute approximate surface area is 78.5 Å². The van der Waals surface area contributed by atoms with Crippen molar-refractivity contribution >= 4 is 0 Å². The number of ether oxygens (including phenoxy) is 1. The third-order valence-corrected chi connectivity index (χ3v) is 1.87. The second kappa shape index (κ2) is 4.26. The van der Waals surface area contributed by atoms with Gasteiger partial charge in [-0.2, -0.15) is 0 Å². The van der Waals surface area contributed by atoms with Crippen LogP contribution in [0, 0.1) is 11.7 Å². The highest BCUT2D eigenvalue weighted by atomic mass is 19.1. The van der Waals surface area contributed by atoms with Gasteiger partial charge in [0.25, 0.3) is 0 Å². The van der Waals surface area contributed by atoms with Gasteiger partial charge in [-0.3, -0.25) is 0 Å². The normalized spacial score (nSPS) is 10.5. The monoisotopic (exact) mass is 182 g/mol. The quantitative estimate of drug-likeness (QED) is 0.698. The van der Waals surface area contributed by atoms with Crippen LogP contribution in [-0.2, 0) is 6.42 Å². The first-order valence-corrected chi connectivity index (χ1v) is 4.46. The highest BCUT2D eigenvalue weighted by Crippen LogP contribution is 2.22. The molecular weight excluding hydrogens is 167 g/mol. The summed E-state index contributed by atoms with van der Waals surface area (Å²) in [5, 5.41) is 0. The molecule has 0 saturated heterocycles. The van der Waals surface area contributed by atoms with E-state index in [4.69, 9.17) is 4.74 Å². The maximum atomic E-state index is 12.9. The van der Waals surface area contributed by atoms with Gasteiger partial charge >= 0.3 is 0 Å². The molecule has 0 fully saturated rings. The van der Waals surface area contributed by atoms with Gasteiger partial charge in [0.05, 0.1) is 7.11 Å². The van der Waals surface area contributed by atoms with Crippen LogP contribution < -0.4 is 4.74 Å². The zero-order valence-electron chi connectivity index (χ0n) is 8.30. The first-order chi connectivity index (χ1) is 6.13. The minimum Gasteiger partial charge on any atom is -0.496 e. The fourth-order valence-corrected chi connectivity index (χ4v) is 1.35. The zero-order valence-corrected chi connectivity index (χ0v) is 8.30. The van der Waals surface area contributed by atoms with Crippen LogP contribution >= 0.6 is 0 Å². The summed E-state index contributed by atoms with van der Waals surface area (Å²) in [6.45, 7) is 4.20. The molecule has 13 heavy (non-hydrogen) atoms. The number of hydrogen-bond acceptors (Lipinski definition) is 1. The molecular formula is C11H15FO. The van der Waals surface area contributed by atoms with E-state index < -0.39 is 0 Å². The summed E-state index contributed by atoms with van der Waals surface area (Å²) in [5.74, 6) is 1.09. The lowest BCUT2D eigenvalue weighted by Crippen LogP contribution is -1.98. The summed E-state index contributed by atoms with van der Waals surface area (Å²) in [6.07, 6.45) is 0.848. The third kappa shape index (κ3) is 2.72. The molecule has 0 bridgehead atoms. The van der Waals surface area contributed by atoms with E-state index in [0.717, 1.165) is 17.7 Å². The molecule has 0 aliphatic heterocycles. The molecule has 0 heterocycles. The van der Waals surface area contributed by atoms with E-state index in [9.17, 15) is 4.39 Å². The third-order valence-electron chi connectivity index (χ3n) is 1.87. The van der Waals surface area contributed by atoms with Gasteiger partial charge in [0.15, 0.2) is 0 Å². The average molecular weight is 182 g/mol. The van der Waals surface area contributed by atoms with Gasteiger partial charge in [-0.15, -0.1) is 0 Å². The van der Waals surface area contributed by atoms with Gasteiger partial charge in [0, 0.05) is 0 Å². The lowest BCUT2D eigenvalue weighted by Gasteiger charge is -2.10. The maximum absolute atomic E-state index is 12.9. The van der Waals surface area contributed by atoms with E-state index in [-0.39, 0.29) is 5.82 Å². The Bertz CT molecular complexity index is 281. The molecule has 0 aliphatic rings. The van der Waals surface area contributed by atoms with Gasteiger partial charge < -0.3 is 4.74 Å². The second-order valence-electron chi connectivity index (χ2n) is 3.55. The first kappa shape index (κ1) is 10.0. The van der Waals surface area contributed by atoms with Crippen molar-refractivity contribution in [3.63, 3.8) is 0 Å². The molecule has 0 aliphatic carbocycles. The fourth-order valence-electron chi connectivity index (χ4n) is 1.35. The van der Waals surface area contributed by atoms with Gasteiger partial charge in [-0.05, 0) is 36.1 Å². The number of methoxy groups -OCH3 is 1. The SMILES string of the molecule is COc1ccc(F)cc1CC(C)C. The molecule has 1 rings (SSSR count). The van der Waals surface area contributed by atoms with E-state index >= 15 is 0 Å². The van der Waals surface area contributed by atoms with Crippen molar-refractivity contribution in [1.29, 1.82) is 0 Å². The minimum atomic E-state index is -0.198. The van der Waals surface area contributed by atoms with Crippen molar-refractivity contribution in [3.05, 3.63) is 29.6 Å². The van der Waals surface area contributed by atoms with Crippen molar-refractivity contribution < 1.29 is 9.13 Å². The van der Waals surface area contributed by atoms with E-state index in [1.54, 1.807) is 19.2 Å². The molecule has 0 unspecified atom stereocenters. The van der Waals surface area contributed by atoms with Crippen molar-refractivity contribution in [2.75, 3.05) is 7.11 Å². The van der Waals surface area contributed by atoms with Gasteiger partial charge in [-0.25, -0.2) is 4.39 Å². The van der Waals surface area contributed by atoms with Gasteiger partial charge in [0.1, 0.15) is 11.6 Å². The summed E-state index contributed by atoms with van der Waals surface area (Å²) in [5.41, 5.74) is 0.942. The smallest absolute Gasteiger partial charge is 0.123 e. The van der Waals surface area contributed by atoms with Gasteiger partial charge in [0.2, 0.25) is 0 Å². The van der Waals surface area contributed by atoms with Crippen LogP contribution in [0.3, 0.4) is 0 Å². The molecule has 1 aromatic carbocycles. The van der Waals surface area contributed by atoms with Crippen LogP contribution in [0.15, 0.2) is 18.2 Å². The summed E-state index contributed by atoms with van der Waals surface area (Å²) in [7, 11) is 1.61. The molecule has 0 aromatic heterocycles. The van der Waals surface area contributed by atoms with Crippen LogP contribution in [0.25, 0.3) is 0 Å². The van der Waals surface area contributed by atoms with Crippen LogP contribution in [-0.4, -0.2) is 7.11 Å². The Morgan fingerprint density at radius 2 is 2.08 bits per heavy atom. The maximum Gasteiger partial charge on any atom is 0.123 e. The summed E-state index contributed by atoms with van der Waals surface area (Å²) >= 11 is 0. The van der Waals surface area contributed by atoms with E-state index in [1.807, 2.05) is 0 Å². The molecule has 1 aromatic rings. The number of rotatable bonds is 3. The standard InChI is InChI=1S/C11H15FO/c1-8(2)6-9-7-10(12)4-5-11(9)13-3/h4-5,7-8H,6H2,1-3H3. The average Bonchev–Trinajstić information content (AvgIpc) is 2.03. The Kier molecular flexibility index (Phi) is 3.29. The van der Waals surface area contributed by atoms with Crippen molar-refractivity contribution in [2.24, 2.45) is 5.92 Å². The molecule has 0 radical (unpaired) electrons. The second-order valence-corrected chi connectivity index (χ2v) is 3.55. The molecule has 1 nitrogen and oxygen atoms in total. The molecule has 0 atom stereocenters. The van der Waals surface area contributed by atoms with Crippen LogP contribution in [0.5, 0.6) is 5.75 Å². The number of benzene rings is 1. The topological polar surface area (TPSA) is 9.23 Å². The van der Waals surface area contributed by atoms with Crippen LogP contribution in [0.4, 0.5) is 4.39 Å². The zero-order chi connectivity index (χ0) is 9.84. The Morgan fingerprint density at radius 3 is 2.62 bits per heavy atom. The largest absolute Gasteiger partial charge is 0.496 e. The van der Waals surface area contributed by atoms with Gasteiger partial charge in [-0.1, -0.05) is 13.8 Å². The predicted octanol–water partition coefficient (Wildman–Crippen LogP) is 3.03. The molecule has 0 amide bonds. The molecule has 72 valence electrons. The Morgan fingerprint density at radius 1 is 1.38 bits per heavy atom. The minimum absolute atomic E-state index is 0.198. The molecule has 0 N–H and O–H groups in total. The molecule has 0 saturated carbocycles.